The fourth-order valence-electron chi connectivity index (χ4n) is 2.63. The number of aryl methyl sites for hydroxylation is 1. The zero-order valence-corrected chi connectivity index (χ0v) is 16.3. The van der Waals surface area contributed by atoms with Crippen LogP contribution in [0.2, 0.25) is 0 Å². The summed E-state index contributed by atoms with van der Waals surface area (Å²) >= 11 is 0. The molecule has 0 saturated heterocycles. The van der Waals surface area contributed by atoms with Gasteiger partial charge in [0.25, 0.3) is 10.0 Å². The highest BCUT2D eigenvalue weighted by molar-refractivity contribution is 7.92. The standard InChI is InChI=1S/C21H20N2O4S/c1-15-12-13-17(22-16(2)24)14-21(15)28(25,26)23-19-10-6-7-11-20(19)27-18-8-4-3-5-9-18/h3-14,23H,1-2H3,(H,22,24). The molecule has 0 aromatic heterocycles. The number of carbonyl (C=O) groups excluding carboxylic acids is 1. The summed E-state index contributed by atoms with van der Waals surface area (Å²) in [7, 11) is -3.90. The van der Waals surface area contributed by atoms with Crippen LogP contribution < -0.4 is 14.8 Å². The number of sulfonamides is 1. The summed E-state index contributed by atoms with van der Waals surface area (Å²) in [5, 5.41) is 2.60. The van der Waals surface area contributed by atoms with Gasteiger partial charge in [0.2, 0.25) is 5.91 Å². The van der Waals surface area contributed by atoms with E-state index in [1.54, 1.807) is 55.5 Å². The zero-order valence-electron chi connectivity index (χ0n) is 15.5. The summed E-state index contributed by atoms with van der Waals surface area (Å²) in [5.74, 6) is 0.702. The first-order valence-corrected chi connectivity index (χ1v) is 10.1. The van der Waals surface area contributed by atoms with Crippen molar-refractivity contribution in [3.05, 3.63) is 78.4 Å². The van der Waals surface area contributed by atoms with Crippen LogP contribution in [0.1, 0.15) is 12.5 Å². The molecule has 0 bridgehead atoms. The molecule has 7 heteroatoms. The van der Waals surface area contributed by atoms with Gasteiger partial charge in [-0.3, -0.25) is 9.52 Å². The lowest BCUT2D eigenvalue weighted by Crippen LogP contribution is -2.15. The molecule has 6 nitrogen and oxygen atoms in total. The molecular weight excluding hydrogens is 376 g/mol. The van der Waals surface area contributed by atoms with E-state index in [9.17, 15) is 13.2 Å². The Morgan fingerprint density at radius 1 is 0.929 bits per heavy atom. The van der Waals surface area contributed by atoms with Crippen LogP contribution in [0.5, 0.6) is 11.5 Å². The van der Waals surface area contributed by atoms with Crippen LogP contribution in [-0.2, 0) is 14.8 Å². The Morgan fingerprint density at radius 2 is 1.61 bits per heavy atom. The van der Waals surface area contributed by atoms with Crippen LogP contribution in [0.25, 0.3) is 0 Å². The molecule has 0 aliphatic rings. The highest BCUT2D eigenvalue weighted by atomic mass is 32.2. The molecule has 3 aromatic rings. The van der Waals surface area contributed by atoms with Crippen molar-refractivity contribution in [3.63, 3.8) is 0 Å². The summed E-state index contributed by atoms with van der Waals surface area (Å²) in [5.41, 5.74) is 1.28. The number of benzene rings is 3. The van der Waals surface area contributed by atoms with E-state index in [-0.39, 0.29) is 10.8 Å². The number of anilines is 2. The zero-order chi connectivity index (χ0) is 20.1. The van der Waals surface area contributed by atoms with Gasteiger partial charge < -0.3 is 10.1 Å². The van der Waals surface area contributed by atoms with Crippen molar-refractivity contribution in [3.8, 4) is 11.5 Å². The Hall–Kier alpha value is -3.32. The largest absolute Gasteiger partial charge is 0.455 e. The normalized spacial score (nSPS) is 10.9. The van der Waals surface area contributed by atoms with Crippen LogP contribution in [0.3, 0.4) is 0 Å². The quantitative estimate of drug-likeness (QED) is 0.640. The lowest BCUT2D eigenvalue weighted by Gasteiger charge is -2.15. The Kier molecular flexibility index (Phi) is 5.65. The third-order valence-electron chi connectivity index (χ3n) is 3.90. The highest BCUT2D eigenvalue weighted by Gasteiger charge is 2.20. The number of rotatable bonds is 6. The molecule has 144 valence electrons. The van der Waals surface area contributed by atoms with E-state index >= 15 is 0 Å². The average Bonchev–Trinajstić information content (AvgIpc) is 2.65. The Labute approximate surface area is 164 Å². The first-order chi connectivity index (χ1) is 13.3. The van der Waals surface area contributed by atoms with E-state index in [4.69, 9.17) is 4.74 Å². The molecule has 0 atom stereocenters. The minimum atomic E-state index is -3.90. The van der Waals surface area contributed by atoms with Gasteiger partial charge in [-0.2, -0.15) is 0 Å². The molecule has 0 heterocycles. The van der Waals surface area contributed by atoms with Gasteiger partial charge in [-0.25, -0.2) is 8.42 Å². The molecule has 1 amide bonds. The van der Waals surface area contributed by atoms with E-state index in [1.165, 1.54) is 13.0 Å². The molecule has 0 radical (unpaired) electrons. The lowest BCUT2D eigenvalue weighted by molar-refractivity contribution is -0.114. The topological polar surface area (TPSA) is 84.5 Å². The molecule has 0 fully saturated rings. The van der Waals surface area contributed by atoms with Crippen LogP contribution >= 0.6 is 0 Å². The number of para-hydroxylation sites is 3. The van der Waals surface area contributed by atoms with Crippen LogP contribution in [0, 0.1) is 6.92 Å². The summed E-state index contributed by atoms with van der Waals surface area (Å²) in [6.45, 7) is 3.06. The third-order valence-corrected chi connectivity index (χ3v) is 5.41. The molecule has 0 spiro atoms. The molecule has 0 saturated carbocycles. The Morgan fingerprint density at radius 3 is 2.32 bits per heavy atom. The summed E-state index contributed by atoms with van der Waals surface area (Å²) in [4.78, 5) is 11.4. The van der Waals surface area contributed by atoms with Gasteiger partial charge in [0, 0.05) is 12.6 Å². The van der Waals surface area contributed by atoms with Crippen molar-refractivity contribution in [1.29, 1.82) is 0 Å². The number of hydrogen-bond donors (Lipinski definition) is 2. The molecule has 0 unspecified atom stereocenters. The number of hydrogen-bond acceptors (Lipinski definition) is 4. The van der Waals surface area contributed by atoms with Gasteiger partial charge in [0.1, 0.15) is 5.75 Å². The fraction of sp³-hybridized carbons (Fsp3) is 0.0952. The molecule has 0 aliphatic heterocycles. The maximum Gasteiger partial charge on any atom is 0.262 e. The van der Waals surface area contributed by atoms with Gasteiger partial charge in [0.15, 0.2) is 5.75 Å². The Balaban J connectivity index is 1.92. The first-order valence-electron chi connectivity index (χ1n) is 8.58. The Bertz CT molecular complexity index is 1100. The van der Waals surface area contributed by atoms with E-state index in [0.29, 0.717) is 28.4 Å². The number of nitrogens with one attached hydrogen (secondary N) is 2. The second-order valence-electron chi connectivity index (χ2n) is 6.18. The van der Waals surface area contributed by atoms with Gasteiger partial charge in [-0.05, 0) is 48.9 Å². The number of carbonyl (C=O) groups is 1. The van der Waals surface area contributed by atoms with Gasteiger partial charge in [-0.1, -0.05) is 36.4 Å². The molecule has 28 heavy (non-hydrogen) atoms. The predicted octanol–water partition coefficient (Wildman–Crippen LogP) is 4.55. The van der Waals surface area contributed by atoms with Crippen molar-refractivity contribution >= 4 is 27.3 Å². The number of amides is 1. The summed E-state index contributed by atoms with van der Waals surface area (Å²) in [6, 6.07) is 20.6. The van der Waals surface area contributed by atoms with E-state index < -0.39 is 10.0 Å². The maximum atomic E-state index is 13.0. The van der Waals surface area contributed by atoms with Gasteiger partial charge in [0.05, 0.1) is 10.6 Å². The second kappa shape index (κ2) is 8.14. The van der Waals surface area contributed by atoms with E-state index in [0.717, 1.165) is 0 Å². The van der Waals surface area contributed by atoms with E-state index in [1.807, 2.05) is 18.2 Å². The van der Waals surface area contributed by atoms with Crippen molar-refractivity contribution in [2.24, 2.45) is 0 Å². The van der Waals surface area contributed by atoms with Crippen LogP contribution in [-0.4, -0.2) is 14.3 Å². The van der Waals surface area contributed by atoms with Crippen molar-refractivity contribution < 1.29 is 17.9 Å². The molecule has 0 aliphatic carbocycles. The lowest BCUT2D eigenvalue weighted by atomic mass is 10.2. The van der Waals surface area contributed by atoms with Crippen molar-refractivity contribution in [1.82, 2.24) is 0 Å². The summed E-state index contributed by atoms with van der Waals surface area (Å²) < 4.78 is 34.4. The SMILES string of the molecule is CC(=O)Nc1ccc(C)c(S(=O)(=O)Nc2ccccc2Oc2ccccc2)c1. The average molecular weight is 396 g/mol. The fourth-order valence-corrected chi connectivity index (χ4v) is 3.97. The molecule has 2 N–H and O–H groups in total. The monoisotopic (exact) mass is 396 g/mol. The second-order valence-corrected chi connectivity index (χ2v) is 7.83. The predicted molar refractivity (Wildman–Crippen MR) is 109 cm³/mol. The van der Waals surface area contributed by atoms with Gasteiger partial charge >= 0.3 is 0 Å². The van der Waals surface area contributed by atoms with E-state index in [2.05, 4.69) is 10.0 Å². The van der Waals surface area contributed by atoms with Crippen molar-refractivity contribution in [2.45, 2.75) is 18.7 Å². The molecular formula is C21H20N2O4S. The molecule has 3 rings (SSSR count). The smallest absolute Gasteiger partial charge is 0.262 e. The van der Waals surface area contributed by atoms with Crippen molar-refractivity contribution in [2.75, 3.05) is 10.0 Å². The third kappa shape index (κ3) is 4.69. The summed E-state index contributed by atoms with van der Waals surface area (Å²) in [6.07, 6.45) is 0. The molecule has 3 aromatic carbocycles. The minimum Gasteiger partial charge on any atom is -0.455 e. The maximum absolute atomic E-state index is 13.0. The minimum absolute atomic E-state index is 0.0771. The van der Waals surface area contributed by atoms with Crippen LogP contribution in [0.4, 0.5) is 11.4 Å². The van der Waals surface area contributed by atoms with Gasteiger partial charge in [-0.15, -0.1) is 0 Å². The number of ether oxygens (including phenoxy) is 1. The highest BCUT2D eigenvalue weighted by Crippen LogP contribution is 2.31. The van der Waals surface area contributed by atoms with Crippen LogP contribution in [0.15, 0.2) is 77.7 Å². The first kappa shape index (κ1) is 19.4.